The quantitative estimate of drug-likeness (QED) is 0.814. The second-order valence-electron chi connectivity index (χ2n) is 4.24. The molecule has 0 aliphatic carbocycles. The molecule has 0 aliphatic heterocycles. The number of likely N-dealkylation sites (N-methyl/N-ethyl adjacent to an activating group) is 1. The molecule has 100 valence electrons. The number of carbonyl (C=O) groups excluding carboxylic acids is 2. The summed E-state index contributed by atoms with van der Waals surface area (Å²) >= 11 is 7.06. The van der Waals surface area contributed by atoms with Crippen molar-refractivity contribution in [3.63, 3.8) is 0 Å². The third-order valence-electron chi connectivity index (χ3n) is 2.54. The topological polar surface area (TPSA) is 49.4 Å². The molecule has 1 N–H and O–H groups in total. The Bertz CT molecular complexity index is 433. The van der Waals surface area contributed by atoms with Crippen LogP contribution < -0.4 is 5.32 Å². The predicted molar refractivity (Wildman–Crippen MR) is 74.4 cm³/mol. The molecule has 0 bridgehead atoms. The molecule has 6 heteroatoms. The van der Waals surface area contributed by atoms with Crippen LogP contribution in [-0.4, -0.2) is 43.8 Å². The fourth-order valence-electron chi connectivity index (χ4n) is 1.65. The average Bonchev–Trinajstić information content (AvgIpc) is 2.74. The van der Waals surface area contributed by atoms with Crippen LogP contribution in [0.4, 0.5) is 0 Å². The molecule has 1 unspecified atom stereocenters. The van der Waals surface area contributed by atoms with Gasteiger partial charge in [0.2, 0.25) is 5.91 Å². The van der Waals surface area contributed by atoms with Gasteiger partial charge in [0.1, 0.15) is 0 Å². The number of Topliss-reactive ketones (excluding diaryl/α,β-unsaturated/α-hetero) is 1. The second-order valence-corrected chi connectivity index (χ2v) is 5.95. The van der Waals surface area contributed by atoms with Crippen molar-refractivity contribution in [2.75, 3.05) is 27.2 Å². The van der Waals surface area contributed by atoms with Crippen LogP contribution in [0.2, 0.25) is 4.34 Å². The van der Waals surface area contributed by atoms with E-state index in [0.29, 0.717) is 15.8 Å². The summed E-state index contributed by atoms with van der Waals surface area (Å²) in [5.41, 5.74) is 0. The number of nitrogens with one attached hydrogen (secondary N) is 1. The van der Waals surface area contributed by atoms with Crippen LogP contribution in [0.15, 0.2) is 12.1 Å². The van der Waals surface area contributed by atoms with E-state index in [-0.39, 0.29) is 24.2 Å². The standard InChI is InChI=1S/C12H17ClN2O2S/c1-8(12(17)14-2)6-15(3)7-9(16)10-4-5-11(13)18-10/h4-5,8H,6-7H2,1-3H3,(H,14,17). The Morgan fingerprint density at radius 3 is 2.67 bits per heavy atom. The van der Waals surface area contributed by atoms with Crippen LogP contribution in [-0.2, 0) is 4.79 Å². The number of ketones is 1. The van der Waals surface area contributed by atoms with E-state index in [1.807, 2.05) is 18.9 Å². The second kappa shape index (κ2) is 6.87. The lowest BCUT2D eigenvalue weighted by molar-refractivity contribution is -0.124. The van der Waals surface area contributed by atoms with Crippen molar-refractivity contribution in [3.05, 3.63) is 21.3 Å². The Kier molecular flexibility index (Phi) is 5.78. The third kappa shape index (κ3) is 4.40. The summed E-state index contributed by atoms with van der Waals surface area (Å²) in [5.74, 6) is -0.133. The summed E-state index contributed by atoms with van der Waals surface area (Å²) in [5, 5.41) is 2.59. The minimum Gasteiger partial charge on any atom is -0.359 e. The monoisotopic (exact) mass is 288 g/mol. The number of nitrogens with zero attached hydrogens (tertiary/aromatic N) is 1. The maximum atomic E-state index is 11.9. The van der Waals surface area contributed by atoms with Gasteiger partial charge < -0.3 is 5.32 Å². The van der Waals surface area contributed by atoms with Gasteiger partial charge in [0.15, 0.2) is 5.78 Å². The van der Waals surface area contributed by atoms with Crippen molar-refractivity contribution < 1.29 is 9.59 Å². The van der Waals surface area contributed by atoms with Crippen LogP contribution in [0.1, 0.15) is 16.6 Å². The van der Waals surface area contributed by atoms with E-state index >= 15 is 0 Å². The highest BCUT2D eigenvalue weighted by Crippen LogP contribution is 2.21. The normalized spacial score (nSPS) is 12.5. The summed E-state index contributed by atoms with van der Waals surface area (Å²) < 4.78 is 0.611. The molecule has 0 saturated heterocycles. The number of amides is 1. The van der Waals surface area contributed by atoms with Gasteiger partial charge in [-0.1, -0.05) is 18.5 Å². The first-order valence-corrected chi connectivity index (χ1v) is 6.82. The van der Waals surface area contributed by atoms with Gasteiger partial charge >= 0.3 is 0 Å². The molecule has 0 spiro atoms. The van der Waals surface area contributed by atoms with Gasteiger partial charge in [0, 0.05) is 19.5 Å². The number of halogens is 1. The van der Waals surface area contributed by atoms with Crippen LogP contribution in [0.25, 0.3) is 0 Å². The van der Waals surface area contributed by atoms with E-state index < -0.39 is 0 Å². The zero-order chi connectivity index (χ0) is 13.7. The van der Waals surface area contributed by atoms with Crippen molar-refractivity contribution >= 4 is 34.6 Å². The van der Waals surface area contributed by atoms with Crippen LogP contribution in [0, 0.1) is 5.92 Å². The molecule has 0 saturated carbocycles. The largest absolute Gasteiger partial charge is 0.359 e. The van der Waals surface area contributed by atoms with Gasteiger partial charge in [0.25, 0.3) is 0 Å². The first-order chi connectivity index (χ1) is 8.43. The highest BCUT2D eigenvalue weighted by Gasteiger charge is 2.16. The highest BCUT2D eigenvalue weighted by atomic mass is 35.5. The van der Waals surface area contributed by atoms with Gasteiger partial charge in [0.05, 0.1) is 15.8 Å². The van der Waals surface area contributed by atoms with Gasteiger partial charge in [-0.25, -0.2) is 0 Å². The van der Waals surface area contributed by atoms with Crippen molar-refractivity contribution in [2.24, 2.45) is 5.92 Å². The van der Waals surface area contributed by atoms with E-state index in [1.165, 1.54) is 11.3 Å². The highest BCUT2D eigenvalue weighted by molar-refractivity contribution is 7.18. The van der Waals surface area contributed by atoms with Crippen molar-refractivity contribution in [3.8, 4) is 0 Å². The van der Waals surface area contributed by atoms with E-state index in [4.69, 9.17) is 11.6 Å². The molecule has 1 aromatic rings. The molecule has 0 aliphatic rings. The molecule has 1 heterocycles. The fourth-order valence-corrected chi connectivity index (χ4v) is 2.62. The summed E-state index contributed by atoms with van der Waals surface area (Å²) in [4.78, 5) is 25.8. The molecular weight excluding hydrogens is 272 g/mol. The molecule has 1 rings (SSSR count). The zero-order valence-electron chi connectivity index (χ0n) is 10.7. The Morgan fingerprint density at radius 2 is 2.17 bits per heavy atom. The Hall–Kier alpha value is -0.910. The molecular formula is C12H17ClN2O2S. The number of rotatable bonds is 6. The maximum Gasteiger partial charge on any atom is 0.223 e. The number of carbonyl (C=O) groups is 2. The molecule has 0 radical (unpaired) electrons. The van der Waals surface area contributed by atoms with Gasteiger partial charge in [-0.3, -0.25) is 14.5 Å². The molecule has 0 fully saturated rings. The maximum absolute atomic E-state index is 11.9. The van der Waals surface area contributed by atoms with E-state index in [2.05, 4.69) is 5.32 Å². The SMILES string of the molecule is CNC(=O)C(C)CN(C)CC(=O)c1ccc(Cl)s1. The summed E-state index contributed by atoms with van der Waals surface area (Å²) in [6.07, 6.45) is 0. The lowest BCUT2D eigenvalue weighted by Gasteiger charge is -2.19. The first kappa shape index (κ1) is 15.1. The van der Waals surface area contributed by atoms with E-state index in [0.717, 1.165) is 0 Å². The van der Waals surface area contributed by atoms with Crippen molar-refractivity contribution in [1.29, 1.82) is 0 Å². The molecule has 1 atom stereocenters. The predicted octanol–water partition coefficient (Wildman–Crippen LogP) is 1.90. The zero-order valence-corrected chi connectivity index (χ0v) is 12.3. The van der Waals surface area contributed by atoms with Crippen molar-refractivity contribution in [2.45, 2.75) is 6.92 Å². The summed E-state index contributed by atoms with van der Waals surface area (Å²) in [7, 11) is 3.43. The van der Waals surface area contributed by atoms with Crippen molar-refractivity contribution in [1.82, 2.24) is 10.2 Å². The van der Waals surface area contributed by atoms with Crippen LogP contribution in [0.5, 0.6) is 0 Å². The molecule has 1 aromatic heterocycles. The average molecular weight is 289 g/mol. The first-order valence-electron chi connectivity index (χ1n) is 5.62. The summed E-state index contributed by atoms with van der Waals surface area (Å²) in [6.45, 7) is 2.67. The lowest BCUT2D eigenvalue weighted by atomic mass is 10.1. The Morgan fingerprint density at radius 1 is 1.50 bits per heavy atom. The molecule has 1 amide bonds. The molecule has 18 heavy (non-hydrogen) atoms. The Balaban J connectivity index is 2.47. The van der Waals surface area contributed by atoms with Gasteiger partial charge in [-0.2, -0.15) is 0 Å². The summed E-state index contributed by atoms with van der Waals surface area (Å²) in [6, 6.07) is 3.44. The van der Waals surface area contributed by atoms with Crippen LogP contribution in [0.3, 0.4) is 0 Å². The fraction of sp³-hybridized carbons (Fsp3) is 0.500. The van der Waals surface area contributed by atoms with Crippen LogP contribution >= 0.6 is 22.9 Å². The smallest absolute Gasteiger partial charge is 0.223 e. The van der Waals surface area contributed by atoms with E-state index in [1.54, 1.807) is 19.2 Å². The number of hydrogen-bond donors (Lipinski definition) is 1. The van der Waals surface area contributed by atoms with E-state index in [9.17, 15) is 9.59 Å². The minimum absolute atomic E-state index is 0.0199. The lowest BCUT2D eigenvalue weighted by Crippen LogP contribution is -2.36. The number of thiophene rings is 1. The Labute approximate surface area is 116 Å². The molecule has 4 nitrogen and oxygen atoms in total. The molecule has 0 aromatic carbocycles. The third-order valence-corrected chi connectivity index (χ3v) is 3.81. The number of hydrogen-bond acceptors (Lipinski definition) is 4. The van der Waals surface area contributed by atoms with Gasteiger partial charge in [-0.05, 0) is 19.2 Å². The minimum atomic E-state index is -0.139. The van der Waals surface area contributed by atoms with Gasteiger partial charge in [-0.15, -0.1) is 11.3 Å².